The van der Waals surface area contributed by atoms with Crippen LogP contribution in [0.3, 0.4) is 0 Å². The SMILES string of the molecule is Cc1ccccc1C(=O)NCC(=O)OC(C)C(=O)Nc1ccc(N2CCCCC2)cc1. The lowest BCUT2D eigenvalue weighted by Crippen LogP contribution is -2.36. The molecule has 1 heterocycles. The van der Waals surface area contributed by atoms with Crippen molar-refractivity contribution in [3.8, 4) is 0 Å². The van der Waals surface area contributed by atoms with E-state index in [9.17, 15) is 14.4 Å². The van der Waals surface area contributed by atoms with Gasteiger partial charge in [0.05, 0.1) is 0 Å². The standard InChI is InChI=1S/C24H29N3O4/c1-17-8-4-5-9-21(17)24(30)25-16-22(28)31-18(2)23(29)26-19-10-12-20(13-11-19)27-14-6-3-7-15-27/h4-5,8-13,18H,3,6-7,14-16H2,1-2H3,(H,25,30)(H,26,29). The molecule has 0 bridgehead atoms. The summed E-state index contributed by atoms with van der Waals surface area (Å²) in [5.41, 5.74) is 3.09. The molecule has 31 heavy (non-hydrogen) atoms. The topological polar surface area (TPSA) is 87.7 Å². The van der Waals surface area contributed by atoms with Crippen LogP contribution >= 0.6 is 0 Å². The van der Waals surface area contributed by atoms with E-state index in [2.05, 4.69) is 15.5 Å². The maximum atomic E-state index is 12.4. The van der Waals surface area contributed by atoms with Gasteiger partial charge in [-0.2, -0.15) is 0 Å². The van der Waals surface area contributed by atoms with Gasteiger partial charge in [0.1, 0.15) is 6.54 Å². The maximum Gasteiger partial charge on any atom is 0.326 e. The molecule has 2 aromatic rings. The molecule has 2 aromatic carbocycles. The Kier molecular flexibility index (Phi) is 7.65. The fourth-order valence-corrected chi connectivity index (χ4v) is 3.52. The highest BCUT2D eigenvalue weighted by molar-refractivity contribution is 5.98. The van der Waals surface area contributed by atoms with Crippen LogP contribution < -0.4 is 15.5 Å². The zero-order chi connectivity index (χ0) is 22.2. The fourth-order valence-electron chi connectivity index (χ4n) is 3.52. The highest BCUT2D eigenvalue weighted by Crippen LogP contribution is 2.22. The number of carbonyl (C=O) groups excluding carboxylic acids is 3. The Morgan fingerprint density at radius 3 is 2.35 bits per heavy atom. The fraction of sp³-hybridized carbons (Fsp3) is 0.375. The molecule has 1 atom stereocenters. The number of hydrogen-bond donors (Lipinski definition) is 2. The number of anilines is 2. The number of carbonyl (C=O) groups is 3. The molecule has 1 unspecified atom stereocenters. The summed E-state index contributed by atoms with van der Waals surface area (Å²) < 4.78 is 5.15. The number of nitrogens with one attached hydrogen (secondary N) is 2. The highest BCUT2D eigenvalue weighted by atomic mass is 16.5. The summed E-state index contributed by atoms with van der Waals surface area (Å²) in [6, 6.07) is 14.8. The van der Waals surface area contributed by atoms with Crippen molar-refractivity contribution >= 4 is 29.2 Å². The summed E-state index contributed by atoms with van der Waals surface area (Å²) in [7, 11) is 0. The number of benzene rings is 2. The average molecular weight is 424 g/mol. The van der Waals surface area contributed by atoms with Crippen LogP contribution in [0.5, 0.6) is 0 Å². The highest BCUT2D eigenvalue weighted by Gasteiger charge is 2.19. The van der Waals surface area contributed by atoms with Gasteiger partial charge in [0.25, 0.3) is 11.8 Å². The van der Waals surface area contributed by atoms with Gasteiger partial charge in [-0.1, -0.05) is 18.2 Å². The number of amides is 2. The zero-order valence-electron chi connectivity index (χ0n) is 18.0. The Balaban J connectivity index is 1.44. The van der Waals surface area contributed by atoms with Gasteiger partial charge >= 0.3 is 5.97 Å². The van der Waals surface area contributed by atoms with E-state index in [1.54, 1.807) is 12.1 Å². The zero-order valence-corrected chi connectivity index (χ0v) is 18.0. The van der Waals surface area contributed by atoms with E-state index in [1.165, 1.54) is 26.2 Å². The summed E-state index contributed by atoms with van der Waals surface area (Å²) in [4.78, 5) is 38.9. The number of rotatable bonds is 7. The van der Waals surface area contributed by atoms with Crippen LogP contribution in [0.1, 0.15) is 42.1 Å². The molecule has 0 saturated carbocycles. The maximum absolute atomic E-state index is 12.4. The van der Waals surface area contributed by atoms with E-state index in [-0.39, 0.29) is 12.5 Å². The van der Waals surface area contributed by atoms with Crippen molar-refractivity contribution in [2.75, 3.05) is 29.9 Å². The second kappa shape index (κ2) is 10.6. The lowest BCUT2D eigenvalue weighted by molar-refractivity contribution is -0.152. The van der Waals surface area contributed by atoms with Crippen LogP contribution in [-0.4, -0.2) is 43.5 Å². The van der Waals surface area contributed by atoms with Gasteiger partial charge in [0, 0.05) is 30.0 Å². The minimum Gasteiger partial charge on any atom is -0.451 e. The van der Waals surface area contributed by atoms with Crippen molar-refractivity contribution in [2.24, 2.45) is 0 Å². The Labute approximate surface area is 182 Å². The number of hydrogen-bond acceptors (Lipinski definition) is 5. The lowest BCUT2D eigenvalue weighted by Gasteiger charge is -2.28. The molecule has 7 nitrogen and oxygen atoms in total. The molecule has 1 fully saturated rings. The minimum atomic E-state index is -0.982. The van der Waals surface area contributed by atoms with E-state index < -0.39 is 18.0 Å². The van der Waals surface area contributed by atoms with Crippen LogP contribution in [0.15, 0.2) is 48.5 Å². The molecule has 0 radical (unpaired) electrons. The molecule has 7 heteroatoms. The molecule has 2 amide bonds. The summed E-state index contributed by atoms with van der Waals surface area (Å²) in [6.07, 6.45) is 2.70. The van der Waals surface area contributed by atoms with Crippen molar-refractivity contribution in [1.82, 2.24) is 5.32 Å². The van der Waals surface area contributed by atoms with Crippen LogP contribution in [-0.2, 0) is 14.3 Å². The molecule has 2 N–H and O–H groups in total. The third-order valence-electron chi connectivity index (χ3n) is 5.32. The molecular formula is C24H29N3O4. The van der Waals surface area contributed by atoms with Crippen LogP contribution in [0.25, 0.3) is 0 Å². The van der Waals surface area contributed by atoms with Crippen LogP contribution in [0.2, 0.25) is 0 Å². The first-order valence-corrected chi connectivity index (χ1v) is 10.6. The smallest absolute Gasteiger partial charge is 0.326 e. The van der Waals surface area contributed by atoms with Gasteiger partial charge in [-0.3, -0.25) is 14.4 Å². The Morgan fingerprint density at radius 1 is 1.00 bits per heavy atom. The van der Waals surface area contributed by atoms with Gasteiger partial charge in [-0.15, -0.1) is 0 Å². The molecule has 0 aliphatic carbocycles. The van der Waals surface area contributed by atoms with E-state index in [1.807, 2.05) is 43.3 Å². The molecule has 0 spiro atoms. The molecule has 1 aliphatic heterocycles. The second-order valence-electron chi connectivity index (χ2n) is 7.71. The number of ether oxygens (including phenoxy) is 1. The van der Waals surface area contributed by atoms with Crippen molar-refractivity contribution in [3.63, 3.8) is 0 Å². The third kappa shape index (κ3) is 6.31. The normalized spacial score (nSPS) is 14.5. The number of nitrogens with zero attached hydrogens (tertiary/aromatic N) is 1. The predicted octanol–water partition coefficient (Wildman–Crippen LogP) is 3.29. The summed E-state index contributed by atoms with van der Waals surface area (Å²) in [5, 5.41) is 5.27. The number of esters is 1. The van der Waals surface area contributed by atoms with Crippen molar-refractivity contribution in [3.05, 3.63) is 59.7 Å². The first-order chi connectivity index (χ1) is 14.9. The first-order valence-electron chi connectivity index (χ1n) is 10.6. The largest absolute Gasteiger partial charge is 0.451 e. The van der Waals surface area contributed by atoms with Gasteiger partial charge < -0.3 is 20.3 Å². The molecule has 1 aliphatic rings. The van der Waals surface area contributed by atoms with Gasteiger partial charge in [0.2, 0.25) is 0 Å². The Morgan fingerprint density at radius 2 is 1.68 bits per heavy atom. The number of piperidine rings is 1. The van der Waals surface area contributed by atoms with E-state index in [0.29, 0.717) is 11.3 Å². The first kappa shape index (κ1) is 22.3. The molecule has 164 valence electrons. The number of aryl methyl sites for hydroxylation is 1. The lowest BCUT2D eigenvalue weighted by atomic mass is 10.1. The van der Waals surface area contributed by atoms with E-state index >= 15 is 0 Å². The predicted molar refractivity (Wildman–Crippen MR) is 120 cm³/mol. The Bertz CT molecular complexity index is 921. The quantitative estimate of drug-likeness (QED) is 0.668. The Hall–Kier alpha value is -3.35. The van der Waals surface area contributed by atoms with Gasteiger partial charge in [-0.25, -0.2) is 0 Å². The van der Waals surface area contributed by atoms with E-state index in [0.717, 1.165) is 24.3 Å². The molecule has 0 aromatic heterocycles. The monoisotopic (exact) mass is 423 g/mol. The molecular weight excluding hydrogens is 394 g/mol. The van der Waals surface area contributed by atoms with Crippen molar-refractivity contribution < 1.29 is 19.1 Å². The van der Waals surface area contributed by atoms with Gasteiger partial charge in [0.15, 0.2) is 6.10 Å². The summed E-state index contributed by atoms with van der Waals surface area (Å²) >= 11 is 0. The molecule has 3 rings (SSSR count). The third-order valence-corrected chi connectivity index (χ3v) is 5.32. The van der Waals surface area contributed by atoms with Crippen molar-refractivity contribution in [2.45, 2.75) is 39.2 Å². The van der Waals surface area contributed by atoms with Crippen LogP contribution in [0.4, 0.5) is 11.4 Å². The summed E-state index contributed by atoms with van der Waals surface area (Å²) in [5.74, 6) is -1.46. The van der Waals surface area contributed by atoms with E-state index in [4.69, 9.17) is 4.74 Å². The van der Waals surface area contributed by atoms with Crippen LogP contribution in [0, 0.1) is 6.92 Å². The van der Waals surface area contributed by atoms with Crippen molar-refractivity contribution in [1.29, 1.82) is 0 Å². The molecule has 1 saturated heterocycles. The average Bonchev–Trinajstić information content (AvgIpc) is 2.79. The second-order valence-corrected chi connectivity index (χ2v) is 7.71. The van der Waals surface area contributed by atoms with Gasteiger partial charge in [-0.05, 0) is 69.0 Å². The summed E-state index contributed by atoms with van der Waals surface area (Å²) in [6.45, 7) is 5.12. The minimum absolute atomic E-state index is 0.310.